The number of sulfone groups is 1. The summed E-state index contributed by atoms with van der Waals surface area (Å²) in [4.78, 5) is 36.6. The Kier molecular flexibility index (Phi) is 5.76. The number of hydrogen-bond acceptors (Lipinski definition) is 7. The number of anilines is 1. The highest BCUT2D eigenvalue weighted by atomic mass is 32.2. The molecule has 26 heavy (non-hydrogen) atoms. The molecule has 0 aliphatic carbocycles. The van der Waals surface area contributed by atoms with E-state index in [4.69, 9.17) is 4.74 Å². The first-order chi connectivity index (χ1) is 11.9. The number of rotatable bonds is 5. The van der Waals surface area contributed by atoms with Crippen molar-refractivity contribution in [2.45, 2.75) is 39.7 Å². The fourth-order valence-electron chi connectivity index (χ4n) is 2.81. The van der Waals surface area contributed by atoms with Gasteiger partial charge in [-0.3, -0.25) is 9.59 Å². The molecule has 8 nitrogen and oxygen atoms in total. The van der Waals surface area contributed by atoms with E-state index < -0.39 is 33.9 Å². The lowest BCUT2D eigenvalue weighted by atomic mass is 10.0. The molecule has 1 aliphatic heterocycles. The average Bonchev–Trinajstić information content (AvgIpc) is 2.92. The largest absolute Gasteiger partial charge is 0.452 e. The number of amides is 2. The Morgan fingerprint density at radius 1 is 1.27 bits per heavy atom. The lowest BCUT2D eigenvalue weighted by Crippen LogP contribution is -2.48. The van der Waals surface area contributed by atoms with Gasteiger partial charge in [-0.15, -0.1) is 11.3 Å². The van der Waals surface area contributed by atoms with Gasteiger partial charge in [-0.1, -0.05) is 0 Å². The standard InChI is InChI=1S/C16H22N2O6S2/c1-9-10(2)25-14(17-11(3)19)13(9)15(21)24-7-12(20)18-16(4)5-6-26(22,23)8-16/h5-8H2,1-4H3,(H,17,19)(H,18,20)/t16-/m1/s1. The zero-order valence-corrected chi connectivity index (χ0v) is 16.7. The lowest BCUT2D eigenvalue weighted by molar-refractivity contribution is -0.125. The minimum absolute atomic E-state index is 0.0248. The van der Waals surface area contributed by atoms with Crippen LogP contribution in [0.4, 0.5) is 5.00 Å². The molecule has 144 valence electrons. The fraction of sp³-hybridized carbons (Fsp3) is 0.562. The molecular weight excluding hydrogens is 380 g/mol. The maximum Gasteiger partial charge on any atom is 0.341 e. The van der Waals surface area contributed by atoms with Crippen molar-refractivity contribution in [3.63, 3.8) is 0 Å². The number of ether oxygens (including phenoxy) is 1. The zero-order chi connectivity index (χ0) is 19.7. The molecule has 1 aromatic heterocycles. The number of esters is 1. The highest BCUT2D eigenvalue weighted by Gasteiger charge is 2.39. The SMILES string of the molecule is CC(=O)Nc1sc(C)c(C)c1C(=O)OCC(=O)N[C@]1(C)CCS(=O)(=O)C1. The zero-order valence-electron chi connectivity index (χ0n) is 15.1. The third kappa shape index (κ3) is 4.82. The number of aryl methyl sites for hydroxylation is 1. The van der Waals surface area contributed by atoms with Gasteiger partial charge >= 0.3 is 5.97 Å². The van der Waals surface area contributed by atoms with Crippen LogP contribution in [0.2, 0.25) is 0 Å². The summed E-state index contributed by atoms with van der Waals surface area (Å²) in [6.45, 7) is 6.01. The number of carbonyl (C=O) groups is 3. The van der Waals surface area contributed by atoms with Gasteiger partial charge in [0.15, 0.2) is 16.4 Å². The van der Waals surface area contributed by atoms with Gasteiger partial charge in [0.25, 0.3) is 5.91 Å². The average molecular weight is 402 g/mol. The van der Waals surface area contributed by atoms with Crippen molar-refractivity contribution < 1.29 is 27.5 Å². The van der Waals surface area contributed by atoms with Crippen LogP contribution < -0.4 is 10.6 Å². The van der Waals surface area contributed by atoms with Crippen molar-refractivity contribution in [2.75, 3.05) is 23.4 Å². The third-order valence-electron chi connectivity index (χ3n) is 4.16. The molecule has 2 heterocycles. The van der Waals surface area contributed by atoms with Crippen LogP contribution in [-0.2, 0) is 24.2 Å². The van der Waals surface area contributed by atoms with E-state index in [9.17, 15) is 22.8 Å². The minimum atomic E-state index is -3.16. The number of carbonyl (C=O) groups excluding carboxylic acids is 3. The quantitative estimate of drug-likeness (QED) is 0.714. The van der Waals surface area contributed by atoms with E-state index in [0.29, 0.717) is 17.0 Å². The molecule has 1 fully saturated rings. The maximum atomic E-state index is 12.4. The maximum absolute atomic E-state index is 12.4. The van der Waals surface area contributed by atoms with E-state index in [1.54, 1.807) is 13.8 Å². The molecule has 2 N–H and O–H groups in total. The van der Waals surface area contributed by atoms with E-state index in [1.165, 1.54) is 18.3 Å². The molecule has 2 amide bonds. The van der Waals surface area contributed by atoms with Crippen LogP contribution in [0.15, 0.2) is 0 Å². The number of nitrogens with one attached hydrogen (secondary N) is 2. The summed E-state index contributed by atoms with van der Waals surface area (Å²) in [6, 6.07) is 0. The molecule has 10 heteroatoms. The van der Waals surface area contributed by atoms with Crippen molar-refractivity contribution >= 4 is 44.0 Å². The Balaban J connectivity index is 2.01. The number of hydrogen-bond donors (Lipinski definition) is 2. The minimum Gasteiger partial charge on any atom is -0.452 e. The van der Waals surface area contributed by atoms with Crippen LogP contribution >= 0.6 is 11.3 Å². The van der Waals surface area contributed by atoms with Crippen molar-refractivity contribution in [1.29, 1.82) is 0 Å². The van der Waals surface area contributed by atoms with Gasteiger partial charge in [0.1, 0.15) is 5.00 Å². The van der Waals surface area contributed by atoms with Crippen molar-refractivity contribution in [1.82, 2.24) is 5.32 Å². The van der Waals surface area contributed by atoms with Crippen LogP contribution in [0.25, 0.3) is 0 Å². The van der Waals surface area contributed by atoms with Crippen LogP contribution in [0.5, 0.6) is 0 Å². The molecule has 0 aromatic carbocycles. The molecule has 0 bridgehead atoms. The van der Waals surface area contributed by atoms with Crippen molar-refractivity contribution in [2.24, 2.45) is 0 Å². The highest BCUT2D eigenvalue weighted by molar-refractivity contribution is 7.91. The summed E-state index contributed by atoms with van der Waals surface area (Å²) in [5.74, 6) is -1.70. The summed E-state index contributed by atoms with van der Waals surface area (Å²) >= 11 is 1.26. The van der Waals surface area contributed by atoms with Crippen molar-refractivity contribution in [3.8, 4) is 0 Å². The van der Waals surface area contributed by atoms with Gasteiger partial charge in [0, 0.05) is 11.8 Å². The molecule has 0 unspecified atom stereocenters. The van der Waals surface area contributed by atoms with Gasteiger partial charge in [0.05, 0.1) is 22.6 Å². The monoisotopic (exact) mass is 402 g/mol. The Hall–Kier alpha value is -1.94. The predicted molar refractivity (Wildman–Crippen MR) is 98.2 cm³/mol. The first kappa shape index (κ1) is 20.4. The van der Waals surface area contributed by atoms with Gasteiger partial charge in [-0.05, 0) is 32.8 Å². The Labute approximate surface area is 156 Å². The second kappa shape index (κ2) is 7.36. The lowest BCUT2D eigenvalue weighted by Gasteiger charge is -2.23. The molecule has 2 rings (SSSR count). The molecule has 0 spiro atoms. The second-order valence-corrected chi connectivity index (χ2v) is 10.1. The molecule has 1 aromatic rings. The van der Waals surface area contributed by atoms with Crippen LogP contribution in [0, 0.1) is 13.8 Å². The molecule has 0 saturated carbocycles. The van der Waals surface area contributed by atoms with E-state index in [1.807, 2.05) is 6.92 Å². The Morgan fingerprint density at radius 2 is 1.92 bits per heavy atom. The summed E-state index contributed by atoms with van der Waals surface area (Å²) in [5, 5.41) is 5.59. The first-order valence-electron chi connectivity index (χ1n) is 7.98. The van der Waals surface area contributed by atoms with E-state index >= 15 is 0 Å². The summed E-state index contributed by atoms with van der Waals surface area (Å²) in [6.07, 6.45) is 0.324. The van der Waals surface area contributed by atoms with Gasteiger partial charge in [-0.2, -0.15) is 0 Å². The highest BCUT2D eigenvalue weighted by Crippen LogP contribution is 2.33. The topological polar surface area (TPSA) is 119 Å². The Morgan fingerprint density at radius 3 is 2.46 bits per heavy atom. The van der Waals surface area contributed by atoms with E-state index in [0.717, 1.165) is 4.88 Å². The molecular formula is C16H22N2O6S2. The van der Waals surface area contributed by atoms with Crippen LogP contribution in [-0.4, -0.2) is 49.9 Å². The predicted octanol–water partition coefficient (Wildman–Crippen LogP) is 1.17. The van der Waals surface area contributed by atoms with Crippen molar-refractivity contribution in [3.05, 3.63) is 16.0 Å². The number of thiophene rings is 1. The second-order valence-electron chi connectivity index (χ2n) is 6.70. The normalized spacial score (nSPS) is 21.2. The Bertz CT molecular complexity index is 858. The molecule has 1 saturated heterocycles. The summed E-state index contributed by atoms with van der Waals surface area (Å²) in [5.41, 5.74) is 0.0571. The molecule has 1 atom stereocenters. The third-order valence-corrected chi connectivity index (χ3v) is 7.18. The fourth-order valence-corrected chi connectivity index (χ4v) is 5.99. The summed E-state index contributed by atoms with van der Waals surface area (Å²) in [7, 11) is -3.16. The molecule has 0 radical (unpaired) electrons. The first-order valence-corrected chi connectivity index (χ1v) is 10.6. The summed E-state index contributed by atoms with van der Waals surface area (Å²) < 4.78 is 28.2. The van der Waals surface area contributed by atoms with E-state index in [2.05, 4.69) is 10.6 Å². The van der Waals surface area contributed by atoms with Crippen LogP contribution in [0.1, 0.15) is 41.1 Å². The molecule has 1 aliphatic rings. The van der Waals surface area contributed by atoms with E-state index in [-0.39, 0.29) is 23.0 Å². The smallest absolute Gasteiger partial charge is 0.341 e. The van der Waals surface area contributed by atoms with Gasteiger partial charge in [-0.25, -0.2) is 13.2 Å². The van der Waals surface area contributed by atoms with Gasteiger partial charge in [0.2, 0.25) is 5.91 Å². The van der Waals surface area contributed by atoms with Gasteiger partial charge < -0.3 is 15.4 Å². The van der Waals surface area contributed by atoms with Crippen LogP contribution in [0.3, 0.4) is 0 Å².